The summed E-state index contributed by atoms with van der Waals surface area (Å²) >= 11 is 5.88. The van der Waals surface area contributed by atoms with Crippen LogP contribution in [0, 0.1) is 23.7 Å². The quantitative estimate of drug-likeness (QED) is 0.907. The highest BCUT2D eigenvalue weighted by molar-refractivity contribution is 7.92. The molecule has 0 aromatic heterocycles. The van der Waals surface area contributed by atoms with Gasteiger partial charge in [-0.25, -0.2) is 8.42 Å². The van der Waals surface area contributed by atoms with Crippen LogP contribution in [0.4, 0.5) is 0 Å². The van der Waals surface area contributed by atoms with Gasteiger partial charge in [0, 0.05) is 10.9 Å². The Morgan fingerprint density at radius 3 is 2.25 bits per heavy atom. The van der Waals surface area contributed by atoms with Gasteiger partial charge in [0.1, 0.15) is 5.41 Å². The Labute approximate surface area is 146 Å². The molecule has 1 N–H and O–H groups in total. The van der Waals surface area contributed by atoms with Crippen LogP contribution in [-0.2, 0) is 9.84 Å². The normalized spacial score (nSPS) is 25.9. The molecule has 4 nitrogen and oxygen atoms in total. The zero-order chi connectivity index (χ0) is 17.5. The SMILES string of the molecule is Cc1ccc(S(=O)(=O)[C@@H]2[C@@H](c3ccc(Cl)cc3)[C@@]2(C#N)CO)cc1. The van der Waals surface area contributed by atoms with Crippen molar-refractivity contribution >= 4 is 21.4 Å². The zero-order valence-corrected chi connectivity index (χ0v) is 14.6. The van der Waals surface area contributed by atoms with Crippen LogP contribution in [0.5, 0.6) is 0 Å². The Morgan fingerprint density at radius 1 is 1.17 bits per heavy atom. The van der Waals surface area contributed by atoms with Crippen LogP contribution in [0.1, 0.15) is 17.0 Å². The maximum atomic E-state index is 13.0. The van der Waals surface area contributed by atoms with E-state index >= 15 is 0 Å². The first-order chi connectivity index (χ1) is 11.4. The van der Waals surface area contributed by atoms with E-state index in [4.69, 9.17) is 11.6 Å². The second kappa shape index (κ2) is 5.89. The third-order valence-electron chi connectivity index (χ3n) is 4.64. The van der Waals surface area contributed by atoms with Gasteiger partial charge in [0.05, 0.1) is 22.8 Å². The summed E-state index contributed by atoms with van der Waals surface area (Å²) in [5.41, 5.74) is 0.320. The van der Waals surface area contributed by atoms with Crippen LogP contribution in [0.3, 0.4) is 0 Å². The van der Waals surface area contributed by atoms with Gasteiger partial charge in [0.15, 0.2) is 9.84 Å². The van der Waals surface area contributed by atoms with Gasteiger partial charge in [-0.05, 0) is 36.8 Å². The summed E-state index contributed by atoms with van der Waals surface area (Å²) in [6, 6.07) is 15.3. The molecule has 1 aliphatic rings. The molecule has 3 rings (SSSR count). The molecule has 24 heavy (non-hydrogen) atoms. The summed E-state index contributed by atoms with van der Waals surface area (Å²) < 4.78 is 26.0. The number of benzene rings is 2. The molecule has 0 aliphatic heterocycles. The number of aliphatic hydroxyl groups excluding tert-OH is 1. The van der Waals surface area contributed by atoms with Crippen molar-refractivity contribution in [2.75, 3.05) is 6.61 Å². The predicted octanol–water partition coefficient (Wildman–Crippen LogP) is 3.09. The number of hydrogen-bond acceptors (Lipinski definition) is 4. The van der Waals surface area contributed by atoms with Crippen LogP contribution in [0.15, 0.2) is 53.4 Å². The summed E-state index contributed by atoms with van der Waals surface area (Å²) in [6.45, 7) is 1.36. The van der Waals surface area contributed by atoms with Crippen LogP contribution in [0.2, 0.25) is 5.02 Å². The Bertz CT molecular complexity index is 901. The highest BCUT2D eigenvalue weighted by Gasteiger charge is 2.72. The molecule has 2 aromatic rings. The fourth-order valence-corrected chi connectivity index (χ4v) is 5.68. The Balaban J connectivity index is 2.06. The molecule has 0 amide bonds. The predicted molar refractivity (Wildman–Crippen MR) is 91.5 cm³/mol. The van der Waals surface area contributed by atoms with E-state index in [1.807, 2.05) is 13.0 Å². The Kier molecular flexibility index (Phi) is 4.16. The number of aliphatic hydroxyl groups is 1. The standard InChI is InChI=1S/C18H16ClNO3S/c1-12-2-8-15(9-3-12)24(22,23)17-16(18(17,10-20)11-21)13-4-6-14(19)7-5-13/h2-9,16-17,21H,11H2,1H3/t16-,17-,18-/m1/s1. The summed E-state index contributed by atoms with van der Waals surface area (Å²) in [6.07, 6.45) is 0. The van der Waals surface area contributed by atoms with Crippen molar-refractivity contribution in [1.82, 2.24) is 0 Å². The van der Waals surface area contributed by atoms with E-state index in [2.05, 4.69) is 0 Å². The van der Waals surface area contributed by atoms with Crippen LogP contribution in [0.25, 0.3) is 0 Å². The molecular formula is C18H16ClNO3S. The van der Waals surface area contributed by atoms with E-state index in [-0.39, 0.29) is 4.90 Å². The number of hydrogen-bond donors (Lipinski definition) is 1. The van der Waals surface area contributed by atoms with Crippen LogP contribution < -0.4 is 0 Å². The minimum atomic E-state index is -3.74. The van der Waals surface area contributed by atoms with Crippen molar-refractivity contribution in [1.29, 1.82) is 5.26 Å². The van der Waals surface area contributed by atoms with Gasteiger partial charge < -0.3 is 5.11 Å². The molecule has 0 spiro atoms. The van der Waals surface area contributed by atoms with E-state index in [1.54, 1.807) is 48.5 Å². The highest BCUT2D eigenvalue weighted by Crippen LogP contribution is 2.63. The minimum absolute atomic E-state index is 0.169. The van der Waals surface area contributed by atoms with Gasteiger partial charge in [-0.15, -0.1) is 0 Å². The maximum Gasteiger partial charge on any atom is 0.183 e. The summed E-state index contributed by atoms with van der Waals surface area (Å²) in [5.74, 6) is -0.573. The first-order valence-corrected chi connectivity index (χ1v) is 9.37. The molecule has 6 heteroatoms. The molecule has 3 atom stereocenters. The topological polar surface area (TPSA) is 78.2 Å². The van der Waals surface area contributed by atoms with E-state index < -0.39 is 33.0 Å². The number of sulfone groups is 1. The maximum absolute atomic E-state index is 13.0. The molecule has 0 heterocycles. The molecule has 1 fully saturated rings. The first-order valence-electron chi connectivity index (χ1n) is 7.45. The minimum Gasteiger partial charge on any atom is -0.395 e. The lowest BCUT2D eigenvalue weighted by Crippen LogP contribution is -2.18. The number of nitriles is 1. The van der Waals surface area contributed by atoms with Gasteiger partial charge in [0.25, 0.3) is 0 Å². The van der Waals surface area contributed by atoms with Gasteiger partial charge in [-0.2, -0.15) is 5.26 Å². The van der Waals surface area contributed by atoms with Crippen molar-refractivity contribution in [3.05, 3.63) is 64.7 Å². The van der Waals surface area contributed by atoms with E-state index in [0.29, 0.717) is 10.6 Å². The molecule has 2 aromatic carbocycles. The molecule has 0 unspecified atom stereocenters. The zero-order valence-electron chi connectivity index (χ0n) is 13.0. The smallest absolute Gasteiger partial charge is 0.183 e. The van der Waals surface area contributed by atoms with Gasteiger partial charge in [-0.1, -0.05) is 41.4 Å². The number of halogens is 1. The van der Waals surface area contributed by atoms with Crippen molar-refractivity contribution < 1.29 is 13.5 Å². The highest BCUT2D eigenvalue weighted by atomic mass is 35.5. The average Bonchev–Trinajstić information content (AvgIpc) is 3.26. The van der Waals surface area contributed by atoms with Gasteiger partial charge in [-0.3, -0.25) is 0 Å². The van der Waals surface area contributed by atoms with E-state index in [1.165, 1.54) is 0 Å². The van der Waals surface area contributed by atoms with Crippen molar-refractivity contribution in [3.8, 4) is 6.07 Å². The second-order valence-electron chi connectivity index (χ2n) is 6.12. The number of aryl methyl sites for hydroxylation is 1. The molecular weight excluding hydrogens is 346 g/mol. The fraction of sp³-hybridized carbons (Fsp3) is 0.278. The van der Waals surface area contributed by atoms with Crippen LogP contribution in [-0.4, -0.2) is 25.4 Å². The number of rotatable bonds is 4. The third-order valence-corrected chi connectivity index (χ3v) is 7.18. The van der Waals surface area contributed by atoms with Gasteiger partial charge >= 0.3 is 0 Å². The first kappa shape index (κ1) is 17.0. The summed E-state index contributed by atoms with van der Waals surface area (Å²) in [4.78, 5) is 0.169. The lowest BCUT2D eigenvalue weighted by atomic mass is 10.0. The number of nitrogens with zero attached hydrogens (tertiary/aromatic N) is 1. The van der Waals surface area contributed by atoms with E-state index in [0.717, 1.165) is 5.56 Å². The summed E-state index contributed by atoms with van der Waals surface area (Å²) in [7, 11) is -3.74. The molecule has 1 saturated carbocycles. The van der Waals surface area contributed by atoms with Crippen LogP contribution >= 0.6 is 11.6 Å². The Morgan fingerprint density at radius 2 is 1.75 bits per heavy atom. The molecule has 0 radical (unpaired) electrons. The molecule has 0 saturated heterocycles. The Hall–Kier alpha value is -1.87. The molecule has 124 valence electrons. The van der Waals surface area contributed by atoms with Gasteiger partial charge in [0.2, 0.25) is 0 Å². The molecule has 1 aliphatic carbocycles. The third kappa shape index (κ3) is 2.51. The van der Waals surface area contributed by atoms with E-state index in [9.17, 15) is 18.8 Å². The average molecular weight is 362 g/mol. The van der Waals surface area contributed by atoms with Crippen molar-refractivity contribution in [2.45, 2.75) is 23.0 Å². The molecule has 0 bridgehead atoms. The summed E-state index contributed by atoms with van der Waals surface area (Å²) in [5, 5.41) is 18.9. The lowest BCUT2D eigenvalue weighted by Gasteiger charge is -2.06. The second-order valence-corrected chi connectivity index (χ2v) is 8.62. The van der Waals surface area contributed by atoms with Crippen molar-refractivity contribution in [2.24, 2.45) is 5.41 Å². The fourth-order valence-electron chi connectivity index (χ4n) is 3.23. The van der Waals surface area contributed by atoms with Crippen molar-refractivity contribution in [3.63, 3.8) is 0 Å². The monoisotopic (exact) mass is 361 g/mol. The largest absolute Gasteiger partial charge is 0.395 e. The lowest BCUT2D eigenvalue weighted by molar-refractivity contribution is 0.242.